The van der Waals surface area contributed by atoms with Crippen molar-refractivity contribution in [3.05, 3.63) is 32.7 Å². The number of hydrogen-bond acceptors (Lipinski definition) is 1. The Balaban J connectivity index is 0.00000169. The Bertz CT molecular complexity index is 276. The van der Waals surface area contributed by atoms with Crippen molar-refractivity contribution in [3.8, 4) is 0 Å². The van der Waals surface area contributed by atoms with E-state index in [-0.39, 0.29) is 25.1 Å². The van der Waals surface area contributed by atoms with Crippen LogP contribution in [0.3, 0.4) is 0 Å². The molecule has 14 heavy (non-hydrogen) atoms. The number of hydrogen-bond donors (Lipinski definition) is 1. The summed E-state index contributed by atoms with van der Waals surface area (Å²) in [7, 11) is 0. The molecule has 0 unspecified atom stereocenters. The molecule has 0 amide bonds. The van der Waals surface area contributed by atoms with E-state index in [1.54, 1.807) is 0 Å². The van der Waals surface area contributed by atoms with E-state index in [1.807, 2.05) is 18.2 Å². The van der Waals surface area contributed by atoms with Gasteiger partial charge in [-0.2, -0.15) is 0 Å². The van der Waals surface area contributed by atoms with E-state index in [1.165, 1.54) is 0 Å². The minimum absolute atomic E-state index is 0. The molecule has 0 spiro atoms. The molecule has 0 bridgehead atoms. The third kappa shape index (κ3) is 4.26. The summed E-state index contributed by atoms with van der Waals surface area (Å²) in [5.74, 6) is 0. The summed E-state index contributed by atoms with van der Waals surface area (Å²) in [5.41, 5.74) is 6.71. The summed E-state index contributed by atoms with van der Waals surface area (Å²) in [4.78, 5) is 0. The Kier molecular flexibility index (Phi) is 6.95. The number of rotatable bonds is 3. The summed E-state index contributed by atoms with van der Waals surface area (Å²) in [6, 6.07) is 5.51. The van der Waals surface area contributed by atoms with Gasteiger partial charge in [0.05, 0.1) is 6.67 Å². The Labute approximate surface area is 106 Å². The van der Waals surface area contributed by atoms with Gasteiger partial charge in [-0.1, -0.05) is 31.9 Å². The lowest BCUT2D eigenvalue weighted by Gasteiger charge is -2.10. The molecule has 0 heterocycles. The van der Waals surface area contributed by atoms with Gasteiger partial charge in [-0.05, 0) is 30.2 Å². The van der Waals surface area contributed by atoms with Crippen LogP contribution in [0.25, 0.3) is 0 Å². The van der Waals surface area contributed by atoms with Crippen molar-refractivity contribution in [2.24, 2.45) is 5.73 Å². The minimum Gasteiger partial charge on any atom is -0.324 e. The van der Waals surface area contributed by atoms with E-state index in [0.717, 1.165) is 14.5 Å². The van der Waals surface area contributed by atoms with Gasteiger partial charge in [0.1, 0.15) is 0 Å². The Morgan fingerprint density at radius 2 is 1.71 bits per heavy atom. The van der Waals surface area contributed by atoms with E-state index in [4.69, 9.17) is 5.73 Å². The average molecular weight is 347 g/mol. The molecule has 0 aliphatic heterocycles. The number of nitrogens with two attached hydrogens (primary N) is 1. The quantitative estimate of drug-likeness (QED) is 0.879. The van der Waals surface area contributed by atoms with Gasteiger partial charge < -0.3 is 5.73 Å². The summed E-state index contributed by atoms with van der Waals surface area (Å²) in [6.45, 7) is -0.384. The van der Waals surface area contributed by atoms with Gasteiger partial charge in [-0.3, -0.25) is 4.39 Å². The zero-order valence-corrected chi connectivity index (χ0v) is 11.3. The van der Waals surface area contributed by atoms with Crippen LogP contribution in [0, 0.1) is 0 Å². The summed E-state index contributed by atoms with van der Waals surface area (Å²) in [6.07, 6.45) is 0.364. The zero-order valence-electron chi connectivity index (χ0n) is 7.34. The van der Waals surface area contributed by atoms with Crippen LogP contribution in [-0.2, 0) is 0 Å². The second-order valence-corrected chi connectivity index (χ2v) is 4.62. The van der Waals surface area contributed by atoms with Gasteiger partial charge in [0.25, 0.3) is 0 Å². The molecular weight excluding hydrogens is 336 g/mol. The fourth-order valence-electron chi connectivity index (χ4n) is 1.07. The van der Waals surface area contributed by atoms with Crippen molar-refractivity contribution in [1.82, 2.24) is 0 Å². The average Bonchev–Trinajstić information content (AvgIpc) is 2.03. The molecule has 1 atom stereocenters. The molecule has 2 N–H and O–H groups in total. The Morgan fingerprint density at radius 1 is 1.21 bits per heavy atom. The van der Waals surface area contributed by atoms with Crippen molar-refractivity contribution in [3.63, 3.8) is 0 Å². The highest BCUT2D eigenvalue weighted by atomic mass is 79.9. The van der Waals surface area contributed by atoms with Crippen LogP contribution in [-0.4, -0.2) is 6.67 Å². The number of alkyl halides is 1. The zero-order chi connectivity index (χ0) is 9.84. The van der Waals surface area contributed by atoms with Crippen LogP contribution in [0.1, 0.15) is 18.0 Å². The van der Waals surface area contributed by atoms with Gasteiger partial charge in [-0.25, -0.2) is 0 Å². The van der Waals surface area contributed by atoms with Crippen LogP contribution >= 0.6 is 44.3 Å². The number of halogens is 4. The Morgan fingerprint density at radius 3 is 2.14 bits per heavy atom. The minimum atomic E-state index is -0.384. The Hall–Kier alpha value is 0.360. The van der Waals surface area contributed by atoms with E-state index in [0.29, 0.717) is 6.42 Å². The largest absolute Gasteiger partial charge is 0.324 e. The van der Waals surface area contributed by atoms with Gasteiger partial charge in [0.2, 0.25) is 0 Å². The first kappa shape index (κ1) is 14.4. The van der Waals surface area contributed by atoms with Gasteiger partial charge in [0.15, 0.2) is 0 Å². The van der Waals surface area contributed by atoms with Crippen LogP contribution in [0.5, 0.6) is 0 Å². The second kappa shape index (κ2) is 6.77. The topological polar surface area (TPSA) is 26.0 Å². The molecule has 0 saturated carbocycles. The summed E-state index contributed by atoms with van der Waals surface area (Å²) >= 11 is 6.71. The van der Waals surface area contributed by atoms with Gasteiger partial charge in [0, 0.05) is 15.0 Å². The van der Waals surface area contributed by atoms with Gasteiger partial charge >= 0.3 is 0 Å². The van der Waals surface area contributed by atoms with Crippen molar-refractivity contribution in [1.29, 1.82) is 0 Å². The molecule has 1 rings (SSSR count). The van der Waals surface area contributed by atoms with E-state index in [9.17, 15) is 4.39 Å². The first-order chi connectivity index (χ1) is 6.13. The number of benzene rings is 1. The molecule has 0 fully saturated rings. The van der Waals surface area contributed by atoms with E-state index in [2.05, 4.69) is 31.9 Å². The lowest BCUT2D eigenvalue weighted by atomic mass is 10.1. The SMILES string of the molecule is Cl.N[C@@H](CCF)c1cc(Br)cc(Br)c1. The van der Waals surface area contributed by atoms with Crippen molar-refractivity contribution in [2.45, 2.75) is 12.5 Å². The molecule has 0 radical (unpaired) electrons. The molecule has 0 aliphatic carbocycles. The normalized spacial score (nSPS) is 12.0. The maximum Gasteiger partial charge on any atom is 0.0912 e. The standard InChI is InChI=1S/C9H10Br2FN.ClH/c10-7-3-6(4-8(11)5-7)9(13)1-2-12;/h3-5,9H,1-2,13H2;1H/t9-;/m0./s1. The molecule has 0 saturated heterocycles. The predicted octanol–water partition coefficient (Wildman–Crippen LogP) is 3.99. The second-order valence-electron chi connectivity index (χ2n) is 2.79. The fraction of sp³-hybridized carbons (Fsp3) is 0.333. The van der Waals surface area contributed by atoms with Crippen LogP contribution in [0.15, 0.2) is 27.1 Å². The lowest BCUT2D eigenvalue weighted by Crippen LogP contribution is -2.10. The first-order valence-electron chi connectivity index (χ1n) is 3.91. The smallest absolute Gasteiger partial charge is 0.0912 e. The fourth-order valence-corrected chi connectivity index (χ4v) is 2.40. The van der Waals surface area contributed by atoms with E-state index < -0.39 is 0 Å². The molecule has 1 aromatic carbocycles. The molecule has 5 heteroatoms. The van der Waals surface area contributed by atoms with Crippen LogP contribution in [0.2, 0.25) is 0 Å². The molecule has 80 valence electrons. The molecular formula is C9H11Br2ClFN. The maximum absolute atomic E-state index is 12.0. The first-order valence-corrected chi connectivity index (χ1v) is 5.49. The van der Waals surface area contributed by atoms with Crippen molar-refractivity contribution in [2.75, 3.05) is 6.67 Å². The molecule has 1 aromatic rings. The highest BCUT2D eigenvalue weighted by Crippen LogP contribution is 2.24. The molecule has 0 aliphatic rings. The van der Waals surface area contributed by atoms with Crippen molar-refractivity contribution < 1.29 is 4.39 Å². The highest BCUT2D eigenvalue weighted by Gasteiger charge is 2.06. The monoisotopic (exact) mass is 345 g/mol. The summed E-state index contributed by atoms with van der Waals surface area (Å²) < 4.78 is 13.9. The van der Waals surface area contributed by atoms with E-state index >= 15 is 0 Å². The third-order valence-electron chi connectivity index (χ3n) is 1.73. The molecule has 0 aromatic heterocycles. The third-order valence-corrected chi connectivity index (χ3v) is 2.65. The predicted molar refractivity (Wildman–Crippen MR) is 66.6 cm³/mol. The van der Waals surface area contributed by atoms with Crippen LogP contribution in [0.4, 0.5) is 4.39 Å². The maximum atomic E-state index is 12.0. The highest BCUT2D eigenvalue weighted by molar-refractivity contribution is 9.11. The lowest BCUT2D eigenvalue weighted by molar-refractivity contribution is 0.442. The van der Waals surface area contributed by atoms with Gasteiger partial charge in [-0.15, -0.1) is 12.4 Å². The summed E-state index contributed by atoms with van der Waals surface area (Å²) in [5, 5.41) is 0. The van der Waals surface area contributed by atoms with Crippen molar-refractivity contribution >= 4 is 44.3 Å². The van der Waals surface area contributed by atoms with Crippen LogP contribution < -0.4 is 5.73 Å². The molecule has 1 nitrogen and oxygen atoms in total.